The van der Waals surface area contributed by atoms with Crippen molar-refractivity contribution in [2.24, 2.45) is 0 Å². The number of unbranched alkanes of at least 4 members (excludes halogenated alkanes) is 14. The first-order chi connectivity index (χ1) is 14.9. The van der Waals surface area contributed by atoms with Crippen molar-refractivity contribution in [1.82, 2.24) is 0 Å². The third-order valence-electron chi connectivity index (χ3n) is 6.24. The molecular formula is C26H47IO4. The zero-order chi connectivity index (χ0) is 22.8. The Kier molecular flexibility index (Phi) is 16.8. The van der Waals surface area contributed by atoms with E-state index >= 15 is 0 Å². The van der Waals surface area contributed by atoms with Crippen LogP contribution in [-0.2, 0) is 19.1 Å². The fourth-order valence-corrected chi connectivity index (χ4v) is 5.56. The van der Waals surface area contributed by atoms with E-state index in [4.69, 9.17) is 9.47 Å². The summed E-state index contributed by atoms with van der Waals surface area (Å²) < 4.78 is 10.5. The quantitative estimate of drug-likeness (QED) is 0.0706. The maximum absolute atomic E-state index is 11.9. The van der Waals surface area contributed by atoms with Gasteiger partial charge in [0, 0.05) is 9.84 Å². The fraction of sp³-hybridized carbons (Fsp3) is 0.923. The molecule has 0 radical (unpaired) electrons. The van der Waals surface area contributed by atoms with Gasteiger partial charge in [0.2, 0.25) is 0 Å². The van der Waals surface area contributed by atoms with E-state index in [-0.39, 0.29) is 21.5 Å². The minimum absolute atomic E-state index is 0.0471. The summed E-state index contributed by atoms with van der Waals surface area (Å²) in [5.74, 6) is -0.238. The predicted octanol–water partition coefficient (Wildman–Crippen LogP) is 8.08. The molecule has 1 fully saturated rings. The Hall–Kier alpha value is -0.330. The van der Waals surface area contributed by atoms with Crippen molar-refractivity contribution >= 4 is 34.5 Å². The number of rotatable bonds is 19. The molecule has 1 saturated heterocycles. The third-order valence-corrected chi connectivity index (χ3v) is 7.61. The van der Waals surface area contributed by atoms with E-state index in [0.717, 1.165) is 25.7 Å². The van der Waals surface area contributed by atoms with Crippen molar-refractivity contribution in [3.05, 3.63) is 0 Å². The lowest BCUT2D eigenvalue weighted by atomic mass is 9.93. The molecule has 1 aliphatic heterocycles. The molecule has 1 aliphatic rings. The minimum Gasteiger partial charge on any atom is -0.466 e. The number of alkyl halides is 1. The van der Waals surface area contributed by atoms with Gasteiger partial charge in [-0.05, 0) is 26.2 Å². The molecule has 0 bridgehead atoms. The highest BCUT2D eigenvalue weighted by molar-refractivity contribution is 14.1. The average Bonchev–Trinajstić information content (AvgIpc) is 2.69. The van der Waals surface area contributed by atoms with E-state index in [0.29, 0.717) is 19.4 Å². The number of esters is 2. The number of carbonyl (C=O) groups excluding carboxylic acids is 2. The smallest absolute Gasteiger partial charge is 0.307 e. The van der Waals surface area contributed by atoms with Gasteiger partial charge in [0.1, 0.15) is 6.10 Å². The molecule has 0 N–H and O–H groups in total. The number of halogens is 1. The third kappa shape index (κ3) is 16.0. The highest BCUT2D eigenvalue weighted by atomic mass is 127. The number of carbonyl (C=O) groups is 2. The van der Waals surface area contributed by atoms with Crippen molar-refractivity contribution in [3.63, 3.8) is 0 Å². The van der Waals surface area contributed by atoms with Crippen molar-refractivity contribution in [1.29, 1.82) is 0 Å². The molecule has 1 heterocycles. The SMILES string of the molecule is CCCCCCCCCCCCCCCCCC(=O)OCCC1(I)CC(=O)OC(C)C1. The van der Waals surface area contributed by atoms with Gasteiger partial charge in [-0.2, -0.15) is 0 Å². The van der Waals surface area contributed by atoms with Gasteiger partial charge in [0.05, 0.1) is 13.0 Å². The van der Waals surface area contributed by atoms with Crippen LogP contribution in [0.15, 0.2) is 0 Å². The van der Waals surface area contributed by atoms with E-state index in [9.17, 15) is 9.59 Å². The summed E-state index contributed by atoms with van der Waals surface area (Å²) in [6, 6.07) is 0. The zero-order valence-electron chi connectivity index (χ0n) is 20.2. The van der Waals surface area contributed by atoms with Gasteiger partial charge in [-0.25, -0.2) is 0 Å². The van der Waals surface area contributed by atoms with Crippen LogP contribution in [0.4, 0.5) is 0 Å². The molecule has 5 heteroatoms. The van der Waals surface area contributed by atoms with Crippen molar-refractivity contribution < 1.29 is 19.1 Å². The van der Waals surface area contributed by atoms with Crippen LogP contribution in [0, 0.1) is 0 Å². The highest BCUT2D eigenvalue weighted by Crippen LogP contribution is 2.37. The summed E-state index contributed by atoms with van der Waals surface area (Å²) in [6.45, 7) is 4.60. The monoisotopic (exact) mass is 550 g/mol. The van der Waals surface area contributed by atoms with Crippen molar-refractivity contribution in [2.45, 2.75) is 145 Å². The molecule has 182 valence electrons. The summed E-state index contributed by atoms with van der Waals surface area (Å²) >= 11 is 2.34. The van der Waals surface area contributed by atoms with Crippen LogP contribution in [0.3, 0.4) is 0 Å². The van der Waals surface area contributed by atoms with Gasteiger partial charge in [0.25, 0.3) is 0 Å². The molecule has 0 saturated carbocycles. The van der Waals surface area contributed by atoms with Gasteiger partial charge in [-0.1, -0.05) is 119 Å². The second-order valence-corrected chi connectivity index (χ2v) is 11.8. The second kappa shape index (κ2) is 18.1. The van der Waals surface area contributed by atoms with E-state index in [2.05, 4.69) is 29.5 Å². The maximum atomic E-state index is 11.9. The van der Waals surface area contributed by atoms with Crippen LogP contribution in [-0.4, -0.2) is 28.1 Å². The topological polar surface area (TPSA) is 52.6 Å². The number of hydrogen-bond acceptors (Lipinski definition) is 4. The van der Waals surface area contributed by atoms with Crippen LogP contribution in [0.2, 0.25) is 0 Å². The molecule has 2 unspecified atom stereocenters. The van der Waals surface area contributed by atoms with Crippen molar-refractivity contribution in [3.8, 4) is 0 Å². The molecule has 0 aromatic carbocycles. The van der Waals surface area contributed by atoms with E-state index in [1.807, 2.05) is 6.92 Å². The Bertz CT molecular complexity index is 482. The van der Waals surface area contributed by atoms with Crippen LogP contribution in [0.5, 0.6) is 0 Å². The largest absolute Gasteiger partial charge is 0.466 e. The first-order valence-corrected chi connectivity index (χ1v) is 14.1. The van der Waals surface area contributed by atoms with E-state index in [1.54, 1.807) is 0 Å². The molecule has 1 rings (SSSR count). The first kappa shape index (κ1) is 28.7. The Morgan fingerprint density at radius 1 is 0.935 bits per heavy atom. The van der Waals surface area contributed by atoms with Crippen LogP contribution in [0.25, 0.3) is 0 Å². The molecule has 0 amide bonds. The Balaban J connectivity index is 1.85. The van der Waals surface area contributed by atoms with Gasteiger partial charge < -0.3 is 9.47 Å². The van der Waals surface area contributed by atoms with Crippen LogP contribution >= 0.6 is 22.6 Å². The van der Waals surface area contributed by atoms with E-state index < -0.39 is 0 Å². The summed E-state index contributed by atoms with van der Waals surface area (Å²) in [4.78, 5) is 23.6. The fourth-order valence-electron chi connectivity index (χ4n) is 4.40. The highest BCUT2D eigenvalue weighted by Gasteiger charge is 2.37. The summed E-state index contributed by atoms with van der Waals surface area (Å²) in [5, 5.41) is 0. The number of hydrogen-bond donors (Lipinski definition) is 0. The molecule has 4 nitrogen and oxygen atoms in total. The molecular weight excluding hydrogens is 503 g/mol. The lowest BCUT2D eigenvalue weighted by Gasteiger charge is -2.34. The normalized spacial score (nSPS) is 21.1. The molecule has 0 aromatic heterocycles. The first-order valence-electron chi connectivity index (χ1n) is 13.0. The Morgan fingerprint density at radius 3 is 1.90 bits per heavy atom. The van der Waals surface area contributed by atoms with Gasteiger partial charge >= 0.3 is 11.9 Å². The minimum atomic E-state index is -0.141. The van der Waals surface area contributed by atoms with Gasteiger partial charge in [-0.3, -0.25) is 9.59 Å². The second-order valence-electron chi connectivity index (χ2n) is 9.50. The van der Waals surface area contributed by atoms with Gasteiger partial charge in [0.15, 0.2) is 0 Å². The number of ether oxygens (including phenoxy) is 2. The summed E-state index contributed by atoms with van der Waals surface area (Å²) in [6.07, 6.45) is 22.3. The Morgan fingerprint density at radius 2 is 1.42 bits per heavy atom. The molecule has 31 heavy (non-hydrogen) atoms. The van der Waals surface area contributed by atoms with Gasteiger partial charge in [-0.15, -0.1) is 0 Å². The molecule has 0 aliphatic carbocycles. The van der Waals surface area contributed by atoms with Crippen molar-refractivity contribution in [2.75, 3.05) is 6.61 Å². The molecule has 0 aromatic rings. The molecule has 0 spiro atoms. The van der Waals surface area contributed by atoms with Crippen LogP contribution in [0.1, 0.15) is 136 Å². The lowest BCUT2D eigenvalue weighted by Crippen LogP contribution is -2.38. The molecule has 2 atom stereocenters. The standard InChI is InChI=1S/C26H47IO4/c1-3-4-5-6-7-8-9-10-11-12-13-14-15-16-17-18-24(28)30-20-19-26(27)21-23(2)31-25(29)22-26/h23H,3-22H2,1-2H3. The average molecular weight is 551 g/mol. The predicted molar refractivity (Wildman–Crippen MR) is 137 cm³/mol. The summed E-state index contributed by atoms with van der Waals surface area (Å²) in [5.41, 5.74) is 0. The summed E-state index contributed by atoms with van der Waals surface area (Å²) in [7, 11) is 0. The van der Waals surface area contributed by atoms with E-state index in [1.165, 1.54) is 83.5 Å². The van der Waals surface area contributed by atoms with Crippen LogP contribution < -0.4 is 0 Å². The lowest BCUT2D eigenvalue weighted by molar-refractivity contribution is -0.154. The number of cyclic esters (lactones) is 1. The maximum Gasteiger partial charge on any atom is 0.307 e. The zero-order valence-corrected chi connectivity index (χ0v) is 22.4. The Labute approximate surface area is 205 Å².